The smallest absolute Gasteiger partial charge is 0.340 e. The largest absolute Gasteiger partial charge is 0.507 e. The Morgan fingerprint density at radius 3 is 2.22 bits per heavy atom. The van der Waals surface area contributed by atoms with Crippen LogP contribution in [0.1, 0.15) is 55.7 Å². The zero-order valence-electron chi connectivity index (χ0n) is 16.1. The van der Waals surface area contributed by atoms with Gasteiger partial charge in [0.15, 0.2) is 0 Å². The van der Waals surface area contributed by atoms with Gasteiger partial charge in [-0.3, -0.25) is 4.79 Å². The molecule has 2 aromatic rings. The number of rotatable bonds is 5. The number of carbonyl (C=O) groups excluding carboxylic acids is 2. The summed E-state index contributed by atoms with van der Waals surface area (Å²) in [6.07, 6.45) is 1.46. The summed E-state index contributed by atoms with van der Waals surface area (Å²) in [7, 11) is 0. The molecule has 0 radical (unpaired) electrons. The minimum absolute atomic E-state index is 0.105. The fourth-order valence-corrected chi connectivity index (χ4v) is 3.05. The van der Waals surface area contributed by atoms with Gasteiger partial charge in [-0.1, -0.05) is 0 Å². The summed E-state index contributed by atoms with van der Waals surface area (Å²) in [6, 6.07) is 5.30. The van der Waals surface area contributed by atoms with Crippen molar-refractivity contribution in [2.75, 3.05) is 6.61 Å². The van der Waals surface area contributed by atoms with Crippen LogP contribution in [0.4, 0.5) is 0 Å². The third-order valence-electron chi connectivity index (χ3n) is 4.27. The van der Waals surface area contributed by atoms with Crippen molar-refractivity contribution >= 4 is 17.8 Å². The number of aromatic hydroxyl groups is 1. The number of benzene rings is 1. The molecule has 0 aliphatic rings. The van der Waals surface area contributed by atoms with Crippen LogP contribution in [-0.4, -0.2) is 28.4 Å². The van der Waals surface area contributed by atoms with E-state index in [1.807, 2.05) is 6.07 Å². The van der Waals surface area contributed by atoms with Crippen molar-refractivity contribution in [2.24, 2.45) is 0 Å². The molecule has 0 saturated carbocycles. The van der Waals surface area contributed by atoms with Gasteiger partial charge in [0.1, 0.15) is 17.4 Å². The number of allylic oxidation sites excluding steroid dienone is 1. The molecule has 2 rings (SSSR count). The van der Waals surface area contributed by atoms with E-state index < -0.39 is 11.8 Å². The Morgan fingerprint density at radius 1 is 1.15 bits per heavy atom. The van der Waals surface area contributed by atoms with E-state index in [2.05, 4.69) is 4.98 Å². The second-order valence-corrected chi connectivity index (χ2v) is 6.35. The number of ketones is 1. The summed E-state index contributed by atoms with van der Waals surface area (Å²) >= 11 is 0. The molecule has 0 spiro atoms. The molecule has 0 fully saturated rings. The van der Waals surface area contributed by atoms with Crippen LogP contribution in [-0.2, 0) is 4.74 Å². The number of esters is 1. The molecule has 6 nitrogen and oxygen atoms in total. The minimum Gasteiger partial charge on any atom is -0.507 e. The third kappa shape index (κ3) is 3.93. The van der Waals surface area contributed by atoms with E-state index in [9.17, 15) is 20.0 Å². The Labute approximate surface area is 158 Å². The number of ether oxygens (including phenoxy) is 1. The number of Topliss-reactive ketones (excluding diaryl/α,β-unsaturated/α-hetero) is 1. The van der Waals surface area contributed by atoms with Gasteiger partial charge in [-0.05, 0) is 69.5 Å². The van der Waals surface area contributed by atoms with Crippen molar-refractivity contribution in [3.8, 4) is 11.8 Å². The average molecular weight is 366 g/mol. The Bertz CT molecular complexity index is 967. The molecule has 0 atom stereocenters. The van der Waals surface area contributed by atoms with Crippen LogP contribution in [0.5, 0.6) is 5.75 Å². The van der Waals surface area contributed by atoms with Gasteiger partial charge in [0.05, 0.1) is 17.7 Å². The summed E-state index contributed by atoms with van der Waals surface area (Å²) in [6.45, 7) is 8.71. The Kier molecular flexibility index (Phi) is 5.86. The van der Waals surface area contributed by atoms with Crippen LogP contribution in [0.25, 0.3) is 6.08 Å². The van der Waals surface area contributed by atoms with Gasteiger partial charge < -0.3 is 14.8 Å². The molecule has 0 amide bonds. The van der Waals surface area contributed by atoms with E-state index in [0.717, 1.165) is 0 Å². The van der Waals surface area contributed by atoms with Crippen LogP contribution in [0.2, 0.25) is 0 Å². The number of hydrogen-bond donors (Lipinski definition) is 2. The van der Waals surface area contributed by atoms with Crippen LogP contribution >= 0.6 is 0 Å². The number of aromatic nitrogens is 1. The van der Waals surface area contributed by atoms with Gasteiger partial charge in [0.2, 0.25) is 5.78 Å². The fourth-order valence-electron chi connectivity index (χ4n) is 3.05. The molecule has 27 heavy (non-hydrogen) atoms. The van der Waals surface area contributed by atoms with Gasteiger partial charge in [0.25, 0.3) is 0 Å². The summed E-state index contributed by atoms with van der Waals surface area (Å²) in [4.78, 5) is 28.3. The van der Waals surface area contributed by atoms with E-state index in [-0.39, 0.29) is 29.1 Å². The highest BCUT2D eigenvalue weighted by Crippen LogP contribution is 2.26. The molecule has 1 aromatic heterocycles. The first-order valence-electron chi connectivity index (χ1n) is 8.54. The van der Waals surface area contributed by atoms with Gasteiger partial charge in [-0.15, -0.1) is 0 Å². The van der Waals surface area contributed by atoms with E-state index in [0.29, 0.717) is 28.1 Å². The number of nitriles is 1. The van der Waals surface area contributed by atoms with E-state index in [4.69, 9.17) is 4.74 Å². The maximum Gasteiger partial charge on any atom is 0.340 e. The van der Waals surface area contributed by atoms with Gasteiger partial charge in [-0.25, -0.2) is 4.79 Å². The standard InChI is InChI=1S/C21H22N2O4/c1-6-27-21(26)18-14(5)23-13(4)17(18)20(25)16(10-22)9-15-7-11(2)19(24)12(3)8-15/h7-9,23-24H,6H2,1-5H3/b16-9+. The second kappa shape index (κ2) is 7.92. The number of phenols is 1. The average Bonchev–Trinajstić information content (AvgIpc) is 2.91. The quantitative estimate of drug-likeness (QED) is 0.361. The normalized spacial score (nSPS) is 11.2. The fraction of sp³-hybridized carbons (Fsp3) is 0.286. The number of carbonyl (C=O) groups is 2. The first-order valence-corrected chi connectivity index (χ1v) is 8.54. The van der Waals surface area contributed by atoms with Crippen molar-refractivity contribution in [3.63, 3.8) is 0 Å². The topological polar surface area (TPSA) is 103 Å². The van der Waals surface area contributed by atoms with Crippen molar-refractivity contribution in [1.29, 1.82) is 5.26 Å². The predicted octanol–water partition coefficient (Wildman–Crippen LogP) is 3.92. The molecule has 0 saturated heterocycles. The second-order valence-electron chi connectivity index (χ2n) is 6.35. The predicted molar refractivity (Wildman–Crippen MR) is 102 cm³/mol. The molecule has 0 unspecified atom stereocenters. The van der Waals surface area contributed by atoms with Crippen molar-refractivity contribution in [1.82, 2.24) is 4.98 Å². The molecule has 1 heterocycles. The lowest BCUT2D eigenvalue weighted by atomic mass is 9.97. The van der Waals surface area contributed by atoms with Crippen molar-refractivity contribution in [3.05, 3.63) is 56.9 Å². The highest BCUT2D eigenvalue weighted by molar-refractivity contribution is 6.19. The number of aromatic amines is 1. The SMILES string of the molecule is CCOC(=O)c1c(C)[nH]c(C)c1C(=O)/C(C#N)=C/c1cc(C)c(O)c(C)c1. The van der Waals surface area contributed by atoms with E-state index in [1.54, 1.807) is 46.8 Å². The maximum atomic E-state index is 13.0. The lowest BCUT2D eigenvalue weighted by Crippen LogP contribution is -2.13. The highest BCUT2D eigenvalue weighted by atomic mass is 16.5. The maximum absolute atomic E-state index is 13.0. The Hall–Kier alpha value is -3.33. The summed E-state index contributed by atoms with van der Waals surface area (Å²) in [5.74, 6) is -0.971. The number of nitrogens with zero attached hydrogens (tertiary/aromatic N) is 1. The third-order valence-corrected chi connectivity index (χ3v) is 4.27. The van der Waals surface area contributed by atoms with Gasteiger partial charge in [0, 0.05) is 11.4 Å². The van der Waals surface area contributed by atoms with Crippen molar-refractivity contribution in [2.45, 2.75) is 34.6 Å². The van der Waals surface area contributed by atoms with E-state index in [1.165, 1.54) is 6.08 Å². The van der Waals surface area contributed by atoms with Crippen LogP contribution < -0.4 is 0 Å². The van der Waals surface area contributed by atoms with Crippen LogP contribution in [0, 0.1) is 39.0 Å². The summed E-state index contributed by atoms with van der Waals surface area (Å²) in [5, 5.41) is 19.4. The molecule has 0 aliphatic carbocycles. The molecular weight excluding hydrogens is 344 g/mol. The van der Waals surface area contributed by atoms with Gasteiger partial charge in [-0.2, -0.15) is 5.26 Å². The molecule has 1 aromatic carbocycles. The molecule has 140 valence electrons. The van der Waals surface area contributed by atoms with Crippen molar-refractivity contribution < 1.29 is 19.4 Å². The number of aryl methyl sites for hydroxylation is 4. The van der Waals surface area contributed by atoms with E-state index >= 15 is 0 Å². The Balaban J connectivity index is 2.56. The number of hydrogen-bond acceptors (Lipinski definition) is 5. The number of H-pyrrole nitrogens is 1. The first-order chi connectivity index (χ1) is 12.7. The zero-order chi connectivity index (χ0) is 20.3. The summed E-state index contributed by atoms with van der Waals surface area (Å²) < 4.78 is 5.05. The monoisotopic (exact) mass is 366 g/mol. The molecule has 0 aliphatic heterocycles. The van der Waals surface area contributed by atoms with Gasteiger partial charge >= 0.3 is 5.97 Å². The first kappa shape index (κ1) is 20.0. The highest BCUT2D eigenvalue weighted by Gasteiger charge is 2.27. The molecule has 6 heteroatoms. The number of phenolic OH excluding ortho intramolecular Hbond substituents is 1. The minimum atomic E-state index is -0.601. The molecule has 2 N–H and O–H groups in total. The lowest BCUT2D eigenvalue weighted by Gasteiger charge is -2.07. The van der Waals surface area contributed by atoms with Crippen LogP contribution in [0.15, 0.2) is 17.7 Å². The lowest BCUT2D eigenvalue weighted by molar-refractivity contribution is 0.0523. The Morgan fingerprint density at radius 2 is 1.70 bits per heavy atom. The molecular formula is C21H22N2O4. The molecule has 0 bridgehead atoms. The summed E-state index contributed by atoms with van der Waals surface area (Å²) in [5.41, 5.74) is 3.12. The van der Waals surface area contributed by atoms with Crippen LogP contribution in [0.3, 0.4) is 0 Å². The zero-order valence-corrected chi connectivity index (χ0v) is 16.1. The number of nitrogens with one attached hydrogen (secondary N) is 1.